The van der Waals surface area contributed by atoms with Gasteiger partial charge in [-0.1, -0.05) is 24.3 Å². The van der Waals surface area contributed by atoms with Crippen LogP contribution < -0.4 is 5.32 Å². The number of aromatic nitrogens is 1. The molecule has 0 atom stereocenters. The molecule has 0 radical (unpaired) electrons. The molecule has 5 nitrogen and oxygen atoms in total. The maximum atomic E-state index is 12.1. The van der Waals surface area contributed by atoms with Crippen LogP contribution >= 0.6 is 11.3 Å². The minimum Gasteiger partial charge on any atom is -0.379 e. The Labute approximate surface area is 159 Å². The molecule has 1 saturated heterocycles. The Morgan fingerprint density at radius 2 is 2.12 bits per heavy atom. The number of carbonyl (C=O) groups excluding carboxylic acids is 1. The summed E-state index contributed by atoms with van der Waals surface area (Å²) in [6.45, 7) is 7.04. The summed E-state index contributed by atoms with van der Waals surface area (Å²) in [6.07, 6.45) is 2.37. The van der Waals surface area contributed by atoms with Crippen LogP contribution in [-0.2, 0) is 29.0 Å². The molecule has 6 heteroatoms. The first-order chi connectivity index (χ1) is 12.7. The molecule has 1 aromatic heterocycles. The fourth-order valence-electron chi connectivity index (χ4n) is 3.08. The molecule has 0 bridgehead atoms. The molecule has 1 aliphatic heterocycles. The zero-order valence-corrected chi connectivity index (χ0v) is 16.2. The predicted octanol–water partition coefficient (Wildman–Crippen LogP) is 2.92. The second-order valence-corrected chi connectivity index (χ2v) is 7.62. The van der Waals surface area contributed by atoms with Gasteiger partial charge in [-0.05, 0) is 30.9 Å². The zero-order chi connectivity index (χ0) is 18.2. The van der Waals surface area contributed by atoms with Crippen molar-refractivity contribution in [1.29, 1.82) is 0 Å². The second kappa shape index (κ2) is 9.80. The van der Waals surface area contributed by atoms with E-state index in [1.165, 1.54) is 11.1 Å². The van der Waals surface area contributed by atoms with E-state index in [0.29, 0.717) is 13.0 Å². The Hall–Kier alpha value is -1.76. The first kappa shape index (κ1) is 19.0. The Bertz CT molecular complexity index is 711. The van der Waals surface area contributed by atoms with Crippen LogP contribution in [0.15, 0.2) is 29.6 Å². The van der Waals surface area contributed by atoms with Crippen molar-refractivity contribution in [3.05, 3.63) is 51.5 Å². The lowest BCUT2D eigenvalue weighted by Gasteiger charge is -2.25. The molecule has 26 heavy (non-hydrogen) atoms. The molecular formula is C20H27N3O2S. The third-order valence-corrected chi connectivity index (χ3v) is 5.53. The standard InChI is InChI=1S/C20H27N3O2S/c1-16-5-2-3-6-17(16)7-4-8-19(24)21-13-20-22-18(15-26-20)14-23-9-11-25-12-10-23/h2-3,5-6,15H,4,7-14H2,1H3,(H,21,24). The lowest BCUT2D eigenvalue weighted by atomic mass is 10.0. The van der Waals surface area contributed by atoms with E-state index in [0.717, 1.165) is 56.4 Å². The van der Waals surface area contributed by atoms with E-state index >= 15 is 0 Å². The van der Waals surface area contributed by atoms with Gasteiger partial charge in [-0.25, -0.2) is 4.98 Å². The molecule has 3 rings (SSSR count). The number of rotatable bonds is 8. The average Bonchev–Trinajstić information content (AvgIpc) is 3.10. The molecule has 2 heterocycles. The van der Waals surface area contributed by atoms with Crippen LogP contribution in [0.1, 0.15) is 34.7 Å². The van der Waals surface area contributed by atoms with Crippen molar-refractivity contribution >= 4 is 17.2 Å². The average molecular weight is 374 g/mol. The van der Waals surface area contributed by atoms with Gasteiger partial charge in [0.25, 0.3) is 0 Å². The number of hydrogen-bond acceptors (Lipinski definition) is 5. The van der Waals surface area contributed by atoms with Gasteiger partial charge in [0, 0.05) is 31.4 Å². The van der Waals surface area contributed by atoms with Gasteiger partial charge < -0.3 is 10.1 Å². The van der Waals surface area contributed by atoms with E-state index in [4.69, 9.17) is 4.74 Å². The lowest BCUT2D eigenvalue weighted by molar-refractivity contribution is -0.121. The number of amides is 1. The maximum absolute atomic E-state index is 12.1. The van der Waals surface area contributed by atoms with Gasteiger partial charge in [0.1, 0.15) is 5.01 Å². The number of thiazole rings is 1. The van der Waals surface area contributed by atoms with Gasteiger partial charge in [0.15, 0.2) is 0 Å². The first-order valence-electron chi connectivity index (χ1n) is 9.25. The van der Waals surface area contributed by atoms with Crippen LogP contribution in [0, 0.1) is 6.92 Å². The number of aryl methyl sites for hydroxylation is 2. The van der Waals surface area contributed by atoms with E-state index in [1.54, 1.807) is 11.3 Å². The molecule has 0 aliphatic carbocycles. The maximum Gasteiger partial charge on any atom is 0.220 e. The van der Waals surface area contributed by atoms with Crippen LogP contribution in [0.4, 0.5) is 0 Å². The van der Waals surface area contributed by atoms with Crippen molar-refractivity contribution in [3.8, 4) is 0 Å². The molecule has 0 unspecified atom stereocenters. The molecule has 140 valence electrons. The van der Waals surface area contributed by atoms with Crippen LogP contribution in [0.2, 0.25) is 0 Å². The molecule has 2 aromatic rings. The van der Waals surface area contributed by atoms with Gasteiger partial charge >= 0.3 is 0 Å². The van der Waals surface area contributed by atoms with Crippen molar-refractivity contribution in [3.63, 3.8) is 0 Å². The highest BCUT2D eigenvalue weighted by Crippen LogP contribution is 2.13. The number of ether oxygens (including phenoxy) is 1. The molecule has 0 spiro atoms. The molecule has 1 fully saturated rings. The minimum absolute atomic E-state index is 0.100. The van der Waals surface area contributed by atoms with Crippen molar-refractivity contribution in [2.75, 3.05) is 26.3 Å². The van der Waals surface area contributed by atoms with Crippen LogP contribution in [0.25, 0.3) is 0 Å². The third kappa shape index (κ3) is 5.90. The van der Waals surface area contributed by atoms with Gasteiger partial charge in [-0.2, -0.15) is 0 Å². The van der Waals surface area contributed by atoms with E-state index in [2.05, 4.69) is 45.7 Å². The summed E-state index contributed by atoms with van der Waals surface area (Å²) < 4.78 is 5.37. The first-order valence-corrected chi connectivity index (χ1v) is 10.1. The molecular weight excluding hydrogens is 346 g/mol. The zero-order valence-electron chi connectivity index (χ0n) is 15.4. The highest BCUT2D eigenvalue weighted by molar-refractivity contribution is 7.09. The van der Waals surface area contributed by atoms with E-state index in [1.807, 2.05) is 6.07 Å². The molecule has 1 N–H and O–H groups in total. The highest BCUT2D eigenvalue weighted by Gasteiger charge is 2.13. The smallest absolute Gasteiger partial charge is 0.220 e. The SMILES string of the molecule is Cc1ccccc1CCCC(=O)NCc1nc(CN2CCOCC2)cs1. The summed E-state index contributed by atoms with van der Waals surface area (Å²) in [5, 5.41) is 6.06. The summed E-state index contributed by atoms with van der Waals surface area (Å²) >= 11 is 1.62. The summed E-state index contributed by atoms with van der Waals surface area (Å²) in [5.41, 5.74) is 3.71. The number of nitrogens with one attached hydrogen (secondary N) is 1. The molecule has 0 saturated carbocycles. The number of carbonyl (C=O) groups is 1. The fraction of sp³-hybridized carbons (Fsp3) is 0.500. The number of benzene rings is 1. The number of morpholine rings is 1. The topological polar surface area (TPSA) is 54.5 Å². The minimum atomic E-state index is 0.100. The van der Waals surface area contributed by atoms with Gasteiger partial charge in [0.2, 0.25) is 5.91 Å². The number of hydrogen-bond donors (Lipinski definition) is 1. The molecule has 1 amide bonds. The quantitative estimate of drug-likeness (QED) is 0.773. The largest absolute Gasteiger partial charge is 0.379 e. The highest BCUT2D eigenvalue weighted by atomic mass is 32.1. The Kier molecular flexibility index (Phi) is 7.17. The van der Waals surface area contributed by atoms with Crippen LogP contribution in [0.3, 0.4) is 0 Å². The van der Waals surface area contributed by atoms with Crippen molar-refractivity contribution in [1.82, 2.24) is 15.2 Å². The predicted molar refractivity (Wildman–Crippen MR) is 104 cm³/mol. The van der Waals surface area contributed by atoms with Crippen LogP contribution in [-0.4, -0.2) is 42.1 Å². The van der Waals surface area contributed by atoms with Crippen molar-refractivity contribution in [2.24, 2.45) is 0 Å². The summed E-state index contributed by atoms with van der Waals surface area (Å²) in [7, 11) is 0. The van der Waals surface area contributed by atoms with E-state index in [9.17, 15) is 4.79 Å². The summed E-state index contributed by atoms with van der Waals surface area (Å²) in [5.74, 6) is 0.100. The van der Waals surface area contributed by atoms with Crippen molar-refractivity contribution < 1.29 is 9.53 Å². The van der Waals surface area contributed by atoms with E-state index in [-0.39, 0.29) is 5.91 Å². The molecule has 1 aliphatic rings. The van der Waals surface area contributed by atoms with Gasteiger partial charge in [-0.3, -0.25) is 9.69 Å². The van der Waals surface area contributed by atoms with Gasteiger partial charge in [0.05, 0.1) is 25.5 Å². The Balaban J connectivity index is 1.36. The molecule has 1 aromatic carbocycles. The van der Waals surface area contributed by atoms with E-state index < -0.39 is 0 Å². The van der Waals surface area contributed by atoms with Gasteiger partial charge in [-0.15, -0.1) is 11.3 Å². The Morgan fingerprint density at radius 1 is 1.31 bits per heavy atom. The van der Waals surface area contributed by atoms with Crippen molar-refractivity contribution in [2.45, 2.75) is 39.3 Å². The summed E-state index contributed by atoms with van der Waals surface area (Å²) in [6, 6.07) is 8.36. The normalized spacial score (nSPS) is 15.1. The second-order valence-electron chi connectivity index (χ2n) is 6.68. The third-order valence-electron chi connectivity index (χ3n) is 4.64. The van der Waals surface area contributed by atoms with Crippen LogP contribution in [0.5, 0.6) is 0 Å². The fourth-order valence-corrected chi connectivity index (χ4v) is 3.81. The lowest BCUT2D eigenvalue weighted by Crippen LogP contribution is -2.35. The number of nitrogens with zero attached hydrogens (tertiary/aromatic N) is 2. The monoisotopic (exact) mass is 373 g/mol. The Morgan fingerprint density at radius 3 is 2.92 bits per heavy atom. The summed E-state index contributed by atoms with van der Waals surface area (Å²) in [4.78, 5) is 19.0.